The smallest absolute Gasteiger partial charge is 0.362 e. The Labute approximate surface area is 366 Å². The highest BCUT2D eigenvalue weighted by Gasteiger charge is 2.51. The van der Waals surface area contributed by atoms with Crippen LogP contribution in [0.3, 0.4) is 0 Å². The lowest BCUT2D eigenvalue weighted by Gasteiger charge is -2.49. The number of hydrogen-bond acceptors (Lipinski definition) is 8. The molecule has 0 radical (unpaired) electrons. The molecule has 0 aliphatic carbocycles. The number of unbranched alkanes of at least 4 members (excludes halogenated alkanes) is 2. The van der Waals surface area contributed by atoms with Crippen molar-refractivity contribution in [3.63, 3.8) is 0 Å². The number of likely N-dealkylation sites (N-methyl/N-ethyl adjacent to an activating group) is 2. The summed E-state index contributed by atoms with van der Waals surface area (Å²) in [5, 5.41) is 21.9. The summed E-state index contributed by atoms with van der Waals surface area (Å²) in [6.45, 7) is 5.39. The Bertz CT molecular complexity index is 2280. The molecule has 4 aliphatic rings. The molecular formula is C50H64N2O10+2. The van der Waals surface area contributed by atoms with E-state index < -0.39 is 30.1 Å². The molecule has 62 heavy (non-hydrogen) atoms. The van der Waals surface area contributed by atoms with E-state index in [4.69, 9.17) is 28.4 Å². The van der Waals surface area contributed by atoms with Gasteiger partial charge in [0.2, 0.25) is 5.75 Å². The fourth-order valence-corrected chi connectivity index (χ4v) is 10.5. The monoisotopic (exact) mass is 852 g/mol. The van der Waals surface area contributed by atoms with Gasteiger partial charge in [0.25, 0.3) is 0 Å². The number of carboxylic acids is 2. The summed E-state index contributed by atoms with van der Waals surface area (Å²) in [7, 11) is 10.6. The lowest BCUT2D eigenvalue weighted by molar-refractivity contribution is -0.956. The summed E-state index contributed by atoms with van der Waals surface area (Å²) >= 11 is 0. The van der Waals surface area contributed by atoms with E-state index >= 15 is 0 Å². The number of aliphatic carboxylic acids is 2. The molecule has 4 aromatic rings. The van der Waals surface area contributed by atoms with Gasteiger partial charge in [-0.3, -0.25) is 0 Å². The van der Waals surface area contributed by atoms with Crippen LogP contribution in [0.4, 0.5) is 0 Å². The highest BCUT2D eigenvalue weighted by molar-refractivity contribution is 5.73. The third-order valence-electron chi connectivity index (χ3n) is 14.1. The van der Waals surface area contributed by atoms with Gasteiger partial charge in [-0.25, -0.2) is 9.59 Å². The van der Waals surface area contributed by atoms with E-state index in [0.717, 1.165) is 59.1 Å². The van der Waals surface area contributed by atoms with Crippen molar-refractivity contribution < 1.29 is 57.2 Å². The highest BCUT2D eigenvalue weighted by Crippen LogP contribution is 2.55. The normalized spacial score (nSPS) is 22.4. The van der Waals surface area contributed by atoms with E-state index in [-0.39, 0.29) is 10.5 Å². The first-order chi connectivity index (χ1) is 29.8. The fraction of sp³-hybridized carbons (Fsp3) is 0.480. The predicted octanol–water partition coefficient (Wildman–Crippen LogP) is 9.48. The van der Waals surface area contributed by atoms with E-state index in [1.807, 2.05) is 48.5 Å². The van der Waals surface area contributed by atoms with Crippen molar-refractivity contribution in [2.75, 3.05) is 55.6 Å². The number of nitrogens with zero attached hydrogens (tertiary/aromatic N) is 2. The number of rotatable bonds is 14. The van der Waals surface area contributed by atoms with Crippen LogP contribution in [0.25, 0.3) is 0 Å². The molecule has 4 heterocycles. The number of carbonyl (C=O) groups is 2. The maximum atomic E-state index is 13.4. The van der Waals surface area contributed by atoms with Crippen LogP contribution in [0.2, 0.25) is 0 Å². The second-order valence-corrected chi connectivity index (χ2v) is 17.6. The average molecular weight is 853 g/mol. The minimum Gasteiger partial charge on any atom is -0.493 e. The van der Waals surface area contributed by atoms with Gasteiger partial charge in [0.1, 0.15) is 17.8 Å². The van der Waals surface area contributed by atoms with Gasteiger partial charge >= 0.3 is 11.9 Å². The zero-order chi connectivity index (χ0) is 44.3. The van der Waals surface area contributed by atoms with E-state index in [9.17, 15) is 19.8 Å². The maximum absolute atomic E-state index is 13.4. The lowest BCUT2D eigenvalue weighted by atomic mass is 9.83. The molecule has 4 aliphatic heterocycles. The second-order valence-electron chi connectivity index (χ2n) is 17.6. The average Bonchev–Trinajstić information content (AvgIpc) is 3.25. The zero-order valence-corrected chi connectivity index (χ0v) is 37.6. The molecular weight excluding hydrogens is 789 g/mol. The Kier molecular flexibility index (Phi) is 13.3. The van der Waals surface area contributed by atoms with E-state index in [1.54, 1.807) is 28.4 Å². The van der Waals surface area contributed by atoms with Crippen LogP contribution in [-0.4, -0.2) is 98.8 Å². The maximum Gasteiger partial charge on any atom is 0.362 e. The first kappa shape index (κ1) is 44.6. The zero-order valence-electron chi connectivity index (χ0n) is 37.6. The number of methoxy groups -OCH3 is 4. The lowest BCUT2D eigenvalue weighted by Crippen LogP contribution is -2.61. The summed E-state index contributed by atoms with van der Waals surface area (Å²) in [5.41, 5.74) is 5.88. The largest absolute Gasteiger partial charge is 0.493 e. The molecule has 6 unspecified atom stereocenters. The van der Waals surface area contributed by atoms with Crippen LogP contribution < -0.4 is 28.4 Å². The molecule has 12 heteroatoms. The Hall–Kier alpha value is -5.46. The standard InChI is InChI=1S/C50H62N2O10/c1-9-11-13-37(49(53)54)51(3)23-21-33-28-42(58-6)44-30-36(33)39(51)25-31-15-18-35(19-16-31)61-43-27-32(17-20-41(43)57-5)26-40-46-34(29-45(59-7)47(60-8)48(46)62-44)22-24-52(40,4)38(50(55)56)14-12-10-2/h15-20,27-30,37-40H,9-14,21-26H2,1-8H3/p+2. The predicted molar refractivity (Wildman–Crippen MR) is 236 cm³/mol. The van der Waals surface area contributed by atoms with Gasteiger partial charge in [0.15, 0.2) is 46.6 Å². The summed E-state index contributed by atoms with van der Waals surface area (Å²) in [4.78, 5) is 26.7. The van der Waals surface area contributed by atoms with Gasteiger partial charge < -0.3 is 47.6 Å². The summed E-state index contributed by atoms with van der Waals surface area (Å²) in [6.07, 6.45) is 6.65. The highest BCUT2D eigenvalue weighted by atomic mass is 16.5. The number of carboxylic acid groups (broad SMARTS) is 2. The van der Waals surface area contributed by atoms with E-state index in [2.05, 4.69) is 40.1 Å². The van der Waals surface area contributed by atoms with Gasteiger partial charge in [-0.1, -0.05) is 44.9 Å². The number of hydrogen-bond donors (Lipinski definition) is 2. The van der Waals surface area contributed by atoms with Gasteiger partial charge in [0, 0.05) is 44.1 Å². The SMILES string of the molecule is CCCCC(C(=O)O)[N+]1(C)CCc2cc(OC)c3cc2C1Cc1ccc(cc1)Oc1cc(ccc1OC)CC1c2c(cc(OC)c(OC)c2O3)CC[N+]1(C)C(CCCC)C(=O)O. The Morgan fingerprint density at radius 1 is 0.661 bits per heavy atom. The molecule has 0 amide bonds. The van der Waals surface area contributed by atoms with Crippen molar-refractivity contribution >= 4 is 11.9 Å². The summed E-state index contributed by atoms with van der Waals surface area (Å²) < 4.78 is 38.5. The fourth-order valence-electron chi connectivity index (χ4n) is 10.5. The molecule has 12 nitrogen and oxygen atoms in total. The van der Waals surface area contributed by atoms with E-state index in [1.165, 1.54) is 0 Å². The summed E-state index contributed by atoms with van der Waals surface area (Å²) in [5.74, 6) is 2.41. The number of benzene rings is 4. The van der Waals surface area contributed by atoms with Crippen LogP contribution >= 0.6 is 0 Å². The molecule has 4 aromatic carbocycles. The molecule has 0 saturated heterocycles. The van der Waals surface area contributed by atoms with Crippen LogP contribution in [-0.2, 0) is 35.3 Å². The molecule has 0 saturated carbocycles. The first-order valence-corrected chi connectivity index (χ1v) is 22.1. The van der Waals surface area contributed by atoms with Gasteiger partial charge in [-0.2, -0.15) is 0 Å². The van der Waals surface area contributed by atoms with Gasteiger partial charge in [-0.05, 0) is 77.6 Å². The number of quaternary nitrogens is 2. The number of ether oxygens (including phenoxy) is 6. The molecule has 0 spiro atoms. The third-order valence-corrected chi connectivity index (χ3v) is 14.1. The molecule has 6 bridgehead atoms. The van der Waals surface area contributed by atoms with Crippen LogP contribution in [0, 0.1) is 0 Å². The molecule has 6 atom stereocenters. The van der Waals surface area contributed by atoms with Crippen LogP contribution in [0.15, 0.2) is 60.7 Å². The Morgan fingerprint density at radius 3 is 1.79 bits per heavy atom. The Balaban J connectivity index is 1.53. The van der Waals surface area contributed by atoms with Gasteiger partial charge in [-0.15, -0.1) is 0 Å². The molecule has 8 rings (SSSR count). The molecule has 332 valence electrons. The minimum absolute atomic E-state index is 0.228. The molecule has 0 fully saturated rings. The van der Waals surface area contributed by atoms with Crippen molar-refractivity contribution in [2.24, 2.45) is 0 Å². The van der Waals surface area contributed by atoms with Crippen molar-refractivity contribution in [2.45, 2.75) is 102 Å². The topological polar surface area (TPSA) is 130 Å². The summed E-state index contributed by atoms with van der Waals surface area (Å²) in [6, 6.07) is 18.0. The molecule has 0 aromatic heterocycles. The first-order valence-electron chi connectivity index (χ1n) is 22.1. The van der Waals surface area contributed by atoms with Crippen molar-refractivity contribution in [3.05, 3.63) is 94.0 Å². The van der Waals surface area contributed by atoms with Crippen molar-refractivity contribution in [1.29, 1.82) is 0 Å². The third kappa shape index (κ3) is 8.26. The quantitative estimate of drug-likeness (QED) is 0.118. The van der Waals surface area contributed by atoms with E-state index in [0.29, 0.717) is 102 Å². The van der Waals surface area contributed by atoms with Crippen LogP contribution in [0.5, 0.6) is 46.0 Å². The van der Waals surface area contributed by atoms with Gasteiger partial charge in [0.05, 0.1) is 61.2 Å². The second kappa shape index (κ2) is 18.5. The Morgan fingerprint density at radius 2 is 1.21 bits per heavy atom. The molecule has 2 N–H and O–H groups in total. The van der Waals surface area contributed by atoms with Crippen molar-refractivity contribution in [1.82, 2.24) is 0 Å². The van der Waals surface area contributed by atoms with Crippen LogP contribution in [0.1, 0.15) is 97.8 Å². The minimum atomic E-state index is -0.837. The van der Waals surface area contributed by atoms with Crippen molar-refractivity contribution in [3.8, 4) is 46.0 Å². The number of fused-ring (bicyclic) bond motifs is 2.